The molecule has 2 aliphatic rings. The Labute approximate surface area is 124 Å². The van der Waals surface area contributed by atoms with Crippen LogP contribution in [-0.2, 0) is 11.3 Å². The van der Waals surface area contributed by atoms with Crippen LogP contribution in [0, 0.1) is 12.3 Å². The fraction of sp³-hybridized carbons (Fsp3) is 0.800. The van der Waals surface area contributed by atoms with Gasteiger partial charge in [0.2, 0.25) is 0 Å². The molecule has 5 heteroatoms. The molecule has 2 unspecified atom stereocenters. The van der Waals surface area contributed by atoms with Crippen molar-refractivity contribution in [1.82, 2.24) is 9.88 Å². The molecule has 3 rings (SSSR count). The maximum absolute atomic E-state index is 10.2. The van der Waals surface area contributed by atoms with Crippen LogP contribution in [0.5, 0.6) is 0 Å². The lowest BCUT2D eigenvalue weighted by molar-refractivity contribution is -0.209. The average molecular weight is 296 g/mol. The van der Waals surface area contributed by atoms with E-state index in [1.54, 1.807) is 11.3 Å². The summed E-state index contributed by atoms with van der Waals surface area (Å²) in [5.74, 6) is 0. The molecule has 1 aromatic rings. The summed E-state index contributed by atoms with van der Waals surface area (Å²) < 4.78 is 5.81. The molecule has 0 aromatic carbocycles. The van der Waals surface area contributed by atoms with Crippen LogP contribution in [-0.4, -0.2) is 46.9 Å². The summed E-state index contributed by atoms with van der Waals surface area (Å²) >= 11 is 1.75. The lowest BCUT2D eigenvalue weighted by atomic mass is 9.58. The van der Waals surface area contributed by atoms with Gasteiger partial charge in [0.1, 0.15) is 5.01 Å². The number of nitrogens with zero attached hydrogens (tertiary/aromatic N) is 2. The normalized spacial score (nSPS) is 29.6. The van der Waals surface area contributed by atoms with Gasteiger partial charge >= 0.3 is 0 Å². The lowest BCUT2D eigenvalue weighted by Crippen LogP contribution is -2.62. The maximum Gasteiger partial charge on any atom is 0.107 e. The Balaban J connectivity index is 1.56. The third-order valence-corrected chi connectivity index (χ3v) is 5.87. The van der Waals surface area contributed by atoms with Crippen molar-refractivity contribution in [2.75, 3.05) is 19.7 Å². The number of piperidine rings is 1. The Morgan fingerprint density at radius 3 is 2.80 bits per heavy atom. The number of aromatic nitrogens is 1. The molecule has 0 amide bonds. The Hall–Kier alpha value is -0.490. The summed E-state index contributed by atoms with van der Waals surface area (Å²) in [5, 5.41) is 13.5. The Morgan fingerprint density at radius 1 is 1.50 bits per heavy atom. The van der Waals surface area contributed by atoms with E-state index in [1.807, 2.05) is 13.8 Å². The van der Waals surface area contributed by atoms with Gasteiger partial charge < -0.3 is 9.84 Å². The molecule has 4 nitrogen and oxygen atoms in total. The minimum Gasteiger partial charge on any atom is -0.392 e. The van der Waals surface area contributed by atoms with Gasteiger partial charge in [-0.1, -0.05) is 0 Å². The van der Waals surface area contributed by atoms with Crippen LogP contribution in [0.4, 0.5) is 0 Å². The largest absolute Gasteiger partial charge is 0.392 e. The molecular weight excluding hydrogens is 272 g/mol. The number of thiazole rings is 1. The first kappa shape index (κ1) is 14.4. The molecule has 1 aliphatic carbocycles. The van der Waals surface area contributed by atoms with E-state index >= 15 is 0 Å². The van der Waals surface area contributed by atoms with Crippen LogP contribution in [0.3, 0.4) is 0 Å². The van der Waals surface area contributed by atoms with Crippen LogP contribution < -0.4 is 0 Å². The number of hydrogen-bond acceptors (Lipinski definition) is 5. The van der Waals surface area contributed by atoms with Gasteiger partial charge in [-0.2, -0.15) is 0 Å². The van der Waals surface area contributed by atoms with Crippen LogP contribution in [0.15, 0.2) is 5.38 Å². The summed E-state index contributed by atoms with van der Waals surface area (Å²) in [4.78, 5) is 6.99. The number of rotatable bonds is 4. The van der Waals surface area contributed by atoms with E-state index in [1.165, 1.54) is 5.01 Å². The van der Waals surface area contributed by atoms with Crippen molar-refractivity contribution in [3.8, 4) is 0 Å². The first-order chi connectivity index (χ1) is 9.64. The fourth-order valence-electron chi connectivity index (χ4n) is 3.61. The molecule has 1 saturated carbocycles. The fourth-order valence-corrected chi connectivity index (χ4v) is 4.42. The van der Waals surface area contributed by atoms with Crippen LogP contribution >= 0.6 is 11.3 Å². The second-order valence-corrected chi connectivity index (χ2v) is 7.03. The average Bonchev–Trinajstić information content (AvgIpc) is 2.85. The first-order valence-corrected chi connectivity index (χ1v) is 8.45. The zero-order valence-electron chi connectivity index (χ0n) is 12.3. The highest BCUT2D eigenvalue weighted by atomic mass is 32.1. The van der Waals surface area contributed by atoms with Crippen molar-refractivity contribution in [3.63, 3.8) is 0 Å². The zero-order chi connectivity index (χ0) is 14.2. The zero-order valence-corrected chi connectivity index (χ0v) is 13.2. The molecule has 1 N–H and O–H groups in total. The second kappa shape index (κ2) is 5.72. The number of likely N-dealkylation sites (tertiary alicyclic amines) is 1. The molecule has 0 radical (unpaired) electrons. The number of aryl methyl sites for hydroxylation is 1. The minimum atomic E-state index is -0.164. The Morgan fingerprint density at radius 2 is 2.25 bits per heavy atom. The summed E-state index contributed by atoms with van der Waals surface area (Å²) in [6, 6.07) is 0. The minimum absolute atomic E-state index is 0.0330. The van der Waals surface area contributed by atoms with Gasteiger partial charge in [-0.15, -0.1) is 11.3 Å². The number of hydrogen-bond donors (Lipinski definition) is 1. The monoisotopic (exact) mass is 296 g/mol. The van der Waals surface area contributed by atoms with Gasteiger partial charge in [0.15, 0.2) is 0 Å². The summed E-state index contributed by atoms with van der Waals surface area (Å²) in [5.41, 5.74) is 1.15. The summed E-state index contributed by atoms with van der Waals surface area (Å²) in [7, 11) is 0. The molecule has 0 bridgehead atoms. The molecule has 2 heterocycles. The van der Waals surface area contributed by atoms with Crippen LogP contribution in [0.2, 0.25) is 0 Å². The molecular formula is C15H24N2O2S. The molecule has 1 saturated heterocycles. The lowest BCUT2D eigenvalue weighted by Gasteiger charge is -2.56. The van der Waals surface area contributed by atoms with Crippen molar-refractivity contribution < 1.29 is 9.84 Å². The van der Waals surface area contributed by atoms with Gasteiger partial charge in [0, 0.05) is 29.5 Å². The molecule has 2 atom stereocenters. The van der Waals surface area contributed by atoms with Gasteiger partial charge in [0.05, 0.1) is 18.8 Å². The smallest absolute Gasteiger partial charge is 0.107 e. The van der Waals surface area contributed by atoms with Crippen molar-refractivity contribution in [2.24, 2.45) is 5.41 Å². The third kappa shape index (κ3) is 2.52. The predicted octanol–water partition coefficient (Wildman–Crippen LogP) is 2.20. The van der Waals surface area contributed by atoms with Gasteiger partial charge in [0.25, 0.3) is 0 Å². The highest BCUT2D eigenvalue weighted by Gasteiger charge is 2.55. The van der Waals surface area contributed by atoms with E-state index in [0.29, 0.717) is 0 Å². The molecule has 1 aromatic heterocycles. The molecule has 20 heavy (non-hydrogen) atoms. The second-order valence-electron chi connectivity index (χ2n) is 6.09. The molecule has 1 aliphatic heterocycles. The number of aliphatic hydroxyl groups excluding tert-OH is 1. The van der Waals surface area contributed by atoms with E-state index in [9.17, 15) is 5.11 Å². The highest BCUT2D eigenvalue weighted by molar-refractivity contribution is 7.09. The number of aliphatic hydroxyl groups is 1. The van der Waals surface area contributed by atoms with Gasteiger partial charge in [-0.3, -0.25) is 4.90 Å². The molecule has 2 fully saturated rings. The Bertz CT molecular complexity index is 452. The number of ether oxygens (including phenoxy) is 1. The molecule has 112 valence electrons. The van der Waals surface area contributed by atoms with E-state index in [-0.39, 0.29) is 17.6 Å². The van der Waals surface area contributed by atoms with E-state index in [0.717, 1.165) is 51.2 Å². The quantitative estimate of drug-likeness (QED) is 0.925. The third-order valence-electron chi connectivity index (χ3n) is 4.92. The van der Waals surface area contributed by atoms with Crippen LogP contribution in [0.1, 0.15) is 36.9 Å². The topological polar surface area (TPSA) is 45.6 Å². The van der Waals surface area contributed by atoms with Crippen molar-refractivity contribution in [1.29, 1.82) is 0 Å². The predicted molar refractivity (Wildman–Crippen MR) is 79.8 cm³/mol. The molecule has 1 spiro atoms. The highest BCUT2D eigenvalue weighted by Crippen LogP contribution is 2.51. The van der Waals surface area contributed by atoms with E-state index in [4.69, 9.17) is 4.74 Å². The van der Waals surface area contributed by atoms with Gasteiger partial charge in [-0.05, 0) is 39.8 Å². The van der Waals surface area contributed by atoms with Crippen molar-refractivity contribution in [3.05, 3.63) is 16.1 Å². The SMILES string of the molecule is CCOC1CC(O)C12CCN(Cc1nc(C)cs1)CC2. The standard InChI is InChI=1S/C15H24N2O2S/c1-3-19-13-8-12(18)15(13)4-6-17(7-5-15)9-14-16-11(2)10-20-14/h10,12-13,18H,3-9H2,1-2H3. The van der Waals surface area contributed by atoms with Gasteiger partial charge in [-0.25, -0.2) is 4.98 Å². The maximum atomic E-state index is 10.2. The van der Waals surface area contributed by atoms with Crippen molar-refractivity contribution in [2.45, 2.75) is 51.9 Å². The summed E-state index contributed by atoms with van der Waals surface area (Å²) in [6.07, 6.45) is 3.02. The van der Waals surface area contributed by atoms with E-state index < -0.39 is 0 Å². The van der Waals surface area contributed by atoms with E-state index in [2.05, 4.69) is 15.3 Å². The van der Waals surface area contributed by atoms with Crippen molar-refractivity contribution >= 4 is 11.3 Å². The summed E-state index contributed by atoms with van der Waals surface area (Å²) in [6.45, 7) is 7.87. The first-order valence-electron chi connectivity index (χ1n) is 7.57. The Kier molecular flexibility index (Phi) is 4.13. The van der Waals surface area contributed by atoms with Crippen LogP contribution in [0.25, 0.3) is 0 Å².